The SMILES string of the molecule is COc1cccc(F)c1C(O)C1CCCCCC1. The summed E-state index contributed by atoms with van der Waals surface area (Å²) in [6.45, 7) is 0. The van der Waals surface area contributed by atoms with Crippen molar-refractivity contribution in [1.82, 2.24) is 0 Å². The normalized spacial score (nSPS) is 19.3. The van der Waals surface area contributed by atoms with E-state index in [-0.39, 0.29) is 11.7 Å². The van der Waals surface area contributed by atoms with Crippen LogP contribution in [0.4, 0.5) is 4.39 Å². The number of methoxy groups -OCH3 is 1. The second-order valence-electron chi connectivity index (χ2n) is 5.05. The maximum Gasteiger partial charge on any atom is 0.132 e. The summed E-state index contributed by atoms with van der Waals surface area (Å²) in [7, 11) is 1.51. The molecule has 1 N–H and O–H groups in total. The summed E-state index contributed by atoms with van der Waals surface area (Å²) in [6.07, 6.45) is 5.88. The van der Waals surface area contributed by atoms with Gasteiger partial charge < -0.3 is 9.84 Å². The highest BCUT2D eigenvalue weighted by Crippen LogP contribution is 2.38. The molecule has 1 aromatic carbocycles. The van der Waals surface area contributed by atoms with Gasteiger partial charge in [-0.1, -0.05) is 31.7 Å². The highest BCUT2D eigenvalue weighted by molar-refractivity contribution is 5.36. The zero-order chi connectivity index (χ0) is 13.0. The maximum atomic E-state index is 13.9. The van der Waals surface area contributed by atoms with Gasteiger partial charge in [0.25, 0.3) is 0 Å². The molecule has 0 saturated heterocycles. The van der Waals surface area contributed by atoms with E-state index >= 15 is 0 Å². The van der Waals surface area contributed by atoms with Gasteiger partial charge in [-0.15, -0.1) is 0 Å². The van der Waals surface area contributed by atoms with Gasteiger partial charge in [0.2, 0.25) is 0 Å². The van der Waals surface area contributed by atoms with Crippen molar-refractivity contribution in [1.29, 1.82) is 0 Å². The number of rotatable bonds is 3. The Morgan fingerprint density at radius 1 is 1.22 bits per heavy atom. The number of aliphatic hydroxyl groups is 1. The molecule has 100 valence electrons. The Morgan fingerprint density at radius 2 is 1.89 bits per heavy atom. The molecule has 1 atom stereocenters. The Labute approximate surface area is 108 Å². The summed E-state index contributed by atoms with van der Waals surface area (Å²) < 4.78 is 19.1. The van der Waals surface area contributed by atoms with Gasteiger partial charge in [-0.3, -0.25) is 0 Å². The summed E-state index contributed by atoms with van der Waals surface area (Å²) in [5.74, 6) is 0.233. The molecular formula is C15H21FO2. The van der Waals surface area contributed by atoms with Crippen LogP contribution in [0, 0.1) is 11.7 Å². The first-order valence-corrected chi connectivity index (χ1v) is 6.74. The number of hydrogen-bond donors (Lipinski definition) is 1. The van der Waals surface area contributed by atoms with Crippen molar-refractivity contribution in [2.45, 2.75) is 44.6 Å². The molecule has 3 heteroatoms. The molecule has 0 heterocycles. The molecule has 0 aromatic heterocycles. The lowest BCUT2D eigenvalue weighted by molar-refractivity contribution is 0.0924. The number of benzene rings is 1. The van der Waals surface area contributed by atoms with Crippen LogP contribution in [-0.4, -0.2) is 12.2 Å². The number of ether oxygens (including phenoxy) is 1. The number of hydrogen-bond acceptors (Lipinski definition) is 2. The van der Waals surface area contributed by atoms with Crippen LogP contribution >= 0.6 is 0 Å². The molecule has 0 aliphatic heterocycles. The molecule has 0 bridgehead atoms. The Balaban J connectivity index is 2.23. The van der Waals surface area contributed by atoms with Gasteiger partial charge >= 0.3 is 0 Å². The Kier molecular flexibility index (Phi) is 4.59. The van der Waals surface area contributed by atoms with Crippen molar-refractivity contribution in [2.24, 2.45) is 5.92 Å². The Morgan fingerprint density at radius 3 is 2.50 bits per heavy atom. The van der Waals surface area contributed by atoms with Crippen LogP contribution in [0.3, 0.4) is 0 Å². The van der Waals surface area contributed by atoms with Crippen LogP contribution in [0.5, 0.6) is 5.75 Å². The molecule has 1 aliphatic rings. The van der Waals surface area contributed by atoms with Crippen LogP contribution < -0.4 is 4.74 Å². The zero-order valence-corrected chi connectivity index (χ0v) is 10.9. The molecule has 2 rings (SSSR count). The van der Waals surface area contributed by atoms with Crippen molar-refractivity contribution < 1.29 is 14.2 Å². The van der Waals surface area contributed by atoms with E-state index < -0.39 is 6.10 Å². The lowest BCUT2D eigenvalue weighted by atomic mass is 9.89. The molecule has 0 radical (unpaired) electrons. The second-order valence-corrected chi connectivity index (χ2v) is 5.05. The molecule has 1 aliphatic carbocycles. The first kappa shape index (κ1) is 13.3. The third-order valence-electron chi connectivity index (χ3n) is 3.87. The third kappa shape index (κ3) is 2.83. The van der Waals surface area contributed by atoms with Gasteiger partial charge in [0.1, 0.15) is 11.6 Å². The fourth-order valence-electron chi connectivity index (χ4n) is 2.84. The average molecular weight is 252 g/mol. The summed E-state index contributed by atoms with van der Waals surface area (Å²) >= 11 is 0. The largest absolute Gasteiger partial charge is 0.496 e. The third-order valence-corrected chi connectivity index (χ3v) is 3.87. The van der Waals surface area contributed by atoms with E-state index in [0.717, 1.165) is 25.7 Å². The van der Waals surface area contributed by atoms with E-state index in [4.69, 9.17) is 4.74 Å². The summed E-state index contributed by atoms with van der Waals surface area (Å²) in [5.41, 5.74) is 0.326. The summed E-state index contributed by atoms with van der Waals surface area (Å²) in [4.78, 5) is 0. The van der Waals surface area contributed by atoms with Crippen LogP contribution in [0.2, 0.25) is 0 Å². The highest BCUT2D eigenvalue weighted by Gasteiger charge is 2.27. The van der Waals surface area contributed by atoms with Crippen LogP contribution in [0.1, 0.15) is 50.2 Å². The first-order valence-electron chi connectivity index (χ1n) is 6.74. The minimum atomic E-state index is -0.751. The average Bonchev–Trinajstić information content (AvgIpc) is 2.66. The lowest BCUT2D eigenvalue weighted by Crippen LogP contribution is -2.14. The Hall–Kier alpha value is -1.09. The maximum absolute atomic E-state index is 13.9. The van der Waals surface area contributed by atoms with Crippen molar-refractivity contribution in [3.63, 3.8) is 0 Å². The lowest BCUT2D eigenvalue weighted by Gasteiger charge is -2.23. The molecular weight excluding hydrogens is 231 g/mol. The van der Waals surface area contributed by atoms with Crippen LogP contribution in [-0.2, 0) is 0 Å². The van der Waals surface area contributed by atoms with Gasteiger partial charge in [0.05, 0.1) is 18.8 Å². The van der Waals surface area contributed by atoms with Crippen LogP contribution in [0.25, 0.3) is 0 Å². The van der Waals surface area contributed by atoms with Crippen molar-refractivity contribution in [2.75, 3.05) is 7.11 Å². The topological polar surface area (TPSA) is 29.5 Å². The minimum absolute atomic E-state index is 0.151. The smallest absolute Gasteiger partial charge is 0.132 e. The fraction of sp³-hybridized carbons (Fsp3) is 0.600. The number of halogens is 1. The first-order chi connectivity index (χ1) is 8.74. The van der Waals surface area contributed by atoms with E-state index in [1.807, 2.05) is 0 Å². The molecule has 1 saturated carbocycles. The molecule has 0 spiro atoms. The summed E-state index contributed by atoms with van der Waals surface area (Å²) in [6, 6.07) is 4.70. The van der Waals surface area contributed by atoms with Crippen LogP contribution in [0.15, 0.2) is 18.2 Å². The van der Waals surface area contributed by atoms with E-state index in [2.05, 4.69) is 0 Å². The van der Waals surface area contributed by atoms with E-state index in [9.17, 15) is 9.50 Å². The molecule has 2 nitrogen and oxygen atoms in total. The molecule has 1 fully saturated rings. The van der Waals surface area contributed by atoms with Gasteiger partial charge in [-0.2, -0.15) is 0 Å². The van der Waals surface area contributed by atoms with E-state index in [0.29, 0.717) is 11.3 Å². The van der Waals surface area contributed by atoms with Gasteiger partial charge in [-0.25, -0.2) is 4.39 Å². The quantitative estimate of drug-likeness (QED) is 0.828. The van der Waals surface area contributed by atoms with Gasteiger partial charge in [-0.05, 0) is 30.9 Å². The fourth-order valence-corrected chi connectivity index (χ4v) is 2.84. The minimum Gasteiger partial charge on any atom is -0.496 e. The number of aliphatic hydroxyl groups excluding tert-OH is 1. The molecule has 18 heavy (non-hydrogen) atoms. The molecule has 1 aromatic rings. The molecule has 0 amide bonds. The Bertz CT molecular complexity index is 384. The standard InChI is InChI=1S/C15H21FO2/c1-18-13-10-6-9-12(16)14(13)15(17)11-7-4-2-3-5-8-11/h6,9-11,15,17H,2-5,7-8H2,1H3. The monoisotopic (exact) mass is 252 g/mol. The van der Waals surface area contributed by atoms with Crippen molar-refractivity contribution in [3.05, 3.63) is 29.6 Å². The van der Waals surface area contributed by atoms with Gasteiger partial charge in [0, 0.05) is 0 Å². The van der Waals surface area contributed by atoms with Crippen molar-refractivity contribution in [3.8, 4) is 5.75 Å². The van der Waals surface area contributed by atoms with E-state index in [1.54, 1.807) is 12.1 Å². The summed E-state index contributed by atoms with van der Waals surface area (Å²) in [5, 5.41) is 10.4. The zero-order valence-electron chi connectivity index (χ0n) is 10.9. The second kappa shape index (κ2) is 6.19. The molecule has 1 unspecified atom stereocenters. The van der Waals surface area contributed by atoms with E-state index in [1.165, 1.54) is 26.0 Å². The predicted octanol–water partition coefficient (Wildman–Crippen LogP) is 3.84. The highest BCUT2D eigenvalue weighted by atomic mass is 19.1. The van der Waals surface area contributed by atoms with Crippen molar-refractivity contribution >= 4 is 0 Å². The predicted molar refractivity (Wildman–Crippen MR) is 69.1 cm³/mol. The van der Waals surface area contributed by atoms with Gasteiger partial charge in [0.15, 0.2) is 0 Å².